The molecule has 0 saturated carbocycles. The molecule has 0 aromatic carbocycles. The molecule has 94 heavy (non-hydrogen) atoms. The van der Waals surface area contributed by atoms with Crippen molar-refractivity contribution in [2.75, 3.05) is 60.8 Å². The average Bonchev–Trinajstić information content (AvgIpc) is 0.858. The summed E-state index contributed by atoms with van der Waals surface area (Å²) in [7, 11) is 10.1. The van der Waals surface area contributed by atoms with Crippen LogP contribution < -0.4 is 21.3 Å². The normalized spacial score (nSPS) is 26.3. The van der Waals surface area contributed by atoms with E-state index in [-0.39, 0.29) is 61.5 Å². The Morgan fingerprint density at radius 2 is 0.936 bits per heavy atom. The quantitative estimate of drug-likeness (QED) is 0.0901. The molecule has 25 nitrogen and oxygen atoms in total. The fourth-order valence-electron chi connectivity index (χ4n) is 11.8. The van der Waals surface area contributed by atoms with Gasteiger partial charge in [0.25, 0.3) is 0 Å². The molecule has 0 bridgehead atoms. The Labute approximate surface area is 565 Å². The van der Waals surface area contributed by atoms with Crippen molar-refractivity contribution in [1.82, 2.24) is 65.1 Å². The van der Waals surface area contributed by atoms with E-state index in [1.165, 1.54) is 104 Å². The van der Waals surface area contributed by atoms with Crippen LogP contribution in [0.15, 0.2) is 30.9 Å². The lowest BCUT2D eigenvalue weighted by Crippen LogP contribution is -2.64. The number of imidazole rings is 1. The molecule has 2 heterocycles. The molecule has 1 fully saturated rings. The summed E-state index contributed by atoms with van der Waals surface area (Å²) >= 11 is 1.38. The number of hydrogen-bond acceptors (Lipinski definition) is 14. The Morgan fingerprint density at radius 3 is 1.40 bits per heavy atom. The number of aryl methyl sites for hydroxylation is 1. The van der Waals surface area contributed by atoms with Gasteiger partial charge >= 0.3 is 0 Å². The molecule has 26 heteroatoms. The molecule has 1 aromatic heterocycles. The maximum Gasteiger partial charge on any atom is 0.246 e. The third kappa shape index (κ3) is 23.4. The highest BCUT2D eigenvalue weighted by molar-refractivity contribution is 7.99. The van der Waals surface area contributed by atoms with E-state index >= 15 is 28.8 Å². The molecule has 0 spiro atoms. The zero-order valence-electron chi connectivity index (χ0n) is 61.1. The molecule has 534 valence electrons. The lowest BCUT2D eigenvalue weighted by atomic mass is 9.91. The van der Waals surface area contributed by atoms with Crippen molar-refractivity contribution in [3.8, 4) is 0 Å². The number of amides is 11. The number of nitrogens with one attached hydrogen (secondary N) is 4. The maximum absolute atomic E-state index is 15.4. The number of nitrogens with zero attached hydrogens (tertiary/aromatic N) is 9. The average molecular weight is 1340 g/mol. The van der Waals surface area contributed by atoms with Crippen molar-refractivity contribution in [2.24, 2.45) is 41.4 Å². The number of rotatable bonds is 20. The highest BCUT2D eigenvalue weighted by Gasteiger charge is 2.46. The Hall–Kier alpha value is -6.57. The number of carbonyl (C=O) groups excluding carboxylic acids is 11. The van der Waals surface area contributed by atoms with Crippen LogP contribution in [0.2, 0.25) is 0 Å². The number of allylic oxidation sites excluding steroid dienone is 2. The van der Waals surface area contributed by atoms with Gasteiger partial charge < -0.3 is 65.2 Å². The van der Waals surface area contributed by atoms with E-state index in [0.717, 1.165) is 4.90 Å². The number of thioether (sulfide) groups is 1. The Morgan fingerprint density at radius 1 is 0.500 bits per heavy atom. The molecular formula is C68H119N13O12S. The summed E-state index contributed by atoms with van der Waals surface area (Å²) < 4.78 is 1.86. The lowest BCUT2D eigenvalue weighted by molar-refractivity contribution is -0.157. The van der Waals surface area contributed by atoms with Gasteiger partial charge in [0.1, 0.15) is 66.5 Å². The van der Waals surface area contributed by atoms with Crippen LogP contribution in [-0.2, 0) is 59.3 Å². The van der Waals surface area contributed by atoms with Crippen LogP contribution in [0, 0.1) is 41.4 Å². The second-order valence-corrected chi connectivity index (χ2v) is 29.3. The van der Waals surface area contributed by atoms with Crippen LogP contribution in [0.25, 0.3) is 0 Å². The first-order valence-corrected chi connectivity index (χ1v) is 34.8. The molecular weight excluding hydrogens is 1220 g/mol. The predicted molar refractivity (Wildman–Crippen MR) is 367 cm³/mol. The molecule has 1 saturated heterocycles. The number of carbonyl (C=O) groups is 11. The topological polar surface area (TPSA) is 297 Å². The maximum atomic E-state index is 15.4. The van der Waals surface area contributed by atoms with Crippen molar-refractivity contribution in [3.63, 3.8) is 0 Å². The summed E-state index contributed by atoms with van der Waals surface area (Å²) in [6.07, 6.45) is 8.03. The van der Waals surface area contributed by atoms with Crippen LogP contribution >= 0.6 is 11.8 Å². The summed E-state index contributed by atoms with van der Waals surface area (Å²) in [6.45, 7) is 30.5. The Balaban J connectivity index is 3.10. The van der Waals surface area contributed by atoms with Gasteiger partial charge in [-0.15, -0.1) is 0 Å². The van der Waals surface area contributed by atoms with E-state index < -0.39 is 155 Å². The zero-order chi connectivity index (χ0) is 72.1. The van der Waals surface area contributed by atoms with Crippen LogP contribution in [0.1, 0.15) is 156 Å². The first-order chi connectivity index (χ1) is 43.7. The smallest absolute Gasteiger partial charge is 0.246 e. The minimum absolute atomic E-state index is 0.00442. The van der Waals surface area contributed by atoms with E-state index in [1.54, 1.807) is 73.3 Å². The molecule has 2 rings (SSSR count). The highest BCUT2D eigenvalue weighted by Crippen LogP contribution is 2.26. The Kier molecular flexibility index (Phi) is 34.5. The summed E-state index contributed by atoms with van der Waals surface area (Å²) in [5, 5.41) is 23.5. The molecule has 1 aliphatic heterocycles. The minimum atomic E-state index is -1.64. The van der Waals surface area contributed by atoms with Gasteiger partial charge in [-0.1, -0.05) is 109 Å². The van der Waals surface area contributed by atoms with E-state index in [2.05, 4.69) is 26.3 Å². The molecule has 0 unspecified atom stereocenters. The molecule has 13 atom stereocenters. The number of aliphatic hydroxyl groups excluding tert-OH is 1. The largest absolute Gasteiger partial charge is 0.390 e. The van der Waals surface area contributed by atoms with Crippen molar-refractivity contribution in [2.45, 2.75) is 235 Å². The van der Waals surface area contributed by atoms with E-state index in [4.69, 9.17) is 0 Å². The van der Waals surface area contributed by atoms with Crippen molar-refractivity contribution in [1.29, 1.82) is 0 Å². The van der Waals surface area contributed by atoms with E-state index in [9.17, 15) is 29.1 Å². The van der Waals surface area contributed by atoms with Crippen LogP contribution in [0.3, 0.4) is 0 Å². The van der Waals surface area contributed by atoms with E-state index in [0.29, 0.717) is 18.7 Å². The minimum Gasteiger partial charge on any atom is -0.390 e. The third-order valence-corrected chi connectivity index (χ3v) is 18.7. The Bertz CT molecular complexity index is 2710. The van der Waals surface area contributed by atoms with Gasteiger partial charge in [0, 0.05) is 79.8 Å². The van der Waals surface area contributed by atoms with Crippen molar-refractivity contribution < 1.29 is 57.8 Å². The highest BCUT2D eigenvalue weighted by atomic mass is 32.2. The molecule has 1 aromatic rings. The molecule has 0 radical (unpaired) electrons. The summed E-state index contributed by atoms with van der Waals surface area (Å²) in [6, 6.07) is -13.8. The van der Waals surface area contributed by atoms with Gasteiger partial charge in [0.2, 0.25) is 65.0 Å². The molecule has 5 N–H and O–H groups in total. The molecule has 11 amide bonds. The SMILES string of the molecule is C/C=C/C[C@@H](C)[C@@H](O)[C@@H]1C(=O)N[C@H](CC)C(=O)N(C)[C@H](CSCCn2ccnc2)C(=O)N(C)[C@@H](CC(C)C)C(=O)N[C@H](C(C)C)C(=O)N(C)[C@H](CC(C)C)C(=O)N[C@H](C)C(=O)N[C@@H](C)C(=O)N(C)[C@H](CC(C)C)C(=O)N(C)[C@H](CC(C)C)C(=O)N(C)[C@H](C(C)C)C(=O)N1C. The van der Waals surface area contributed by atoms with Crippen LogP contribution in [-0.4, -0.2) is 247 Å². The fraction of sp³-hybridized carbons (Fsp3) is 0.765. The first-order valence-electron chi connectivity index (χ1n) is 33.6. The summed E-state index contributed by atoms with van der Waals surface area (Å²) in [5.74, 6) is -9.36. The summed E-state index contributed by atoms with van der Waals surface area (Å²) in [4.78, 5) is 177. The van der Waals surface area contributed by atoms with E-state index in [1.807, 2.05) is 66.0 Å². The molecule has 0 aliphatic carbocycles. The third-order valence-electron chi connectivity index (χ3n) is 17.7. The van der Waals surface area contributed by atoms with Gasteiger partial charge in [0.15, 0.2) is 0 Å². The van der Waals surface area contributed by atoms with Crippen LogP contribution in [0.5, 0.6) is 0 Å². The zero-order valence-corrected chi connectivity index (χ0v) is 61.9. The number of hydrogen-bond donors (Lipinski definition) is 5. The summed E-state index contributed by atoms with van der Waals surface area (Å²) in [5.41, 5.74) is 0. The van der Waals surface area contributed by atoms with Crippen molar-refractivity contribution >= 4 is 76.7 Å². The van der Waals surface area contributed by atoms with Gasteiger partial charge in [-0.25, -0.2) is 4.98 Å². The number of likely N-dealkylation sites (N-methyl/N-ethyl adjacent to an activating group) is 7. The van der Waals surface area contributed by atoms with Crippen LogP contribution in [0.4, 0.5) is 0 Å². The number of aromatic nitrogens is 2. The predicted octanol–water partition coefficient (Wildman–Crippen LogP) is 4.27. The second kappa shape index (κ2) is 38.8. The monoisotopic (exact) mass is 1340 g/mol. The fourth-order valence-corrected chi connectivity index (χ4v) is 12.9. The second-order valence-electron chi connectivity index (χ2n) is 28.2. The lowest BCUT2D eigenvalue weighted by Gasteiger charge is -2.41. The van der Waals surface area contributed by atoms with Gasteiger partial charge in [-0.05, 0) is 101 Å². The standard InChI is InChI=1S/C68H119N13O12S/c1-25-27-28-45(15)57(82)56-61(86)72-48(26-2)63(88)78(22)53(37-94-32-31-81-30-29-69-38-81)66(91)74(18)50(34-40(5)6)60(85)73-54(43(11)12)67(92)75(19)49(33-39(3)4)59(84)70-46(16)58(83)71-47(17)62(87)76(20)51(35-41(7)8)64(89)77(21)52(36-42(9)10)65(90)79(23)55(44(13)14)68(93)80(56)24/h25,27,29-30,38-57,82H,26,28,31-37H2,1-24H3,(H,70,84)(H,71,83)(H,72,86)(H,73,85)/b27-25+/t45-,46-,47+,48-,49-,50+,51-,52-,53-,54-,55-,56-,57-/m1/s1. The number of aliphatic hydroxyl groups is 1. The first kappa shape index (κ1) is 83.5. The van der Waals surface area contributed by atoms with Crippen molar-refractivity contribution in [3.05, 3.63) is 30.9 Å². The van der Waals surface area contributed by atoms with Gasteiger partial charge in [0.05, 0.1) is 12.4 Å². The molecule has 1 aliphatic rings. The van der Waals surface area contributed by atoms with Gasteiger partial charge in [-0.3, -0.25) is 52.7 Å². The van der Waals surface area contributed by atoms with Gasteiger partial charge in [-0.2, -0.15) is 11.8 Å².